The fraction of sp³-hybridized carbons (Fsp3) is 0.923. The molecule has 0 spiro atoms. The highest BCUT2D eigenvalue weighted by atomic mass is 79.9. The van der Waals surface area contributed by atoms with Gasteiger partial charge in [0.15, 0.2) is 0 Å². The third-order valence-corrected chi connectivity index (χ3v) is 4.12. The number of rotatable bonds is 1. The average Bonchev–Trinajstić information content (AvgIpc) is 2.29. The number of aliphatic hydroxyl groups is 1. The van der Waals surface area contributed by atoms with E-state index in [0.29, 0.717) is 6.04 Å². The van der Waals surface area contributed by atoms with Crippen LogP contribution in [-0.4, -0.2) is 47.8 Å². The molecule has 0 amide bonds. The van der Waals surface area contributed by atoms with Crippen LogP contribution in [0.25, 0.3) is 0 Å². The van der Waals surface area contributed by atoms with Crippen LogP contribution in [0.3, 0.4) is 0 Å². The first-order valence-corrected chi connectivity index (χ1v) is 6.71. The van der Waals surface area contributed by atoms with Crippen molar-refractivity contribution >= 4 is 5.97 Å². The zero-order chi connectivity index (χ0) is 12.9. The lowest BCUT2D eigenvalue weighted by atomic mass is 9.88. The van der Waals surface area contributed by atoms with Gasteiger partial charge in [0.2, 0.25) is 0 Å². The van der Waals surface area contributed by atoms with Gasteiger partial charge in [-0.3, -0.25) is 0 Å². The van der Waals surface area contributed by atoms with Crippen molar-refractivity contribution in [3.05, 3.63) is 0 Å². The van der Waals surface area contributed by atoms with Crippen molar-refractivity contribution in [2.45, 2.75) is 57.6 Å². The topological polar surface area (TPSA) is 60.4 Å². The average molecular weight is 323 g/mol. The van der Waals surface area contributed by atoms with E-state index in [2.05, 4.69) is 7.05 Å². The van der Waals surface area contributed by atoms with E-state index < -0.39 is 5.97 Å². The fourth-order valence-electron chi connectivity index (χ4n) is 3.04. The van der Waals surface area contributed by atoms with E-state index in [1.165, 1.54) is 45.7 Å². The van der Waals surface area contributed by atoms with E-state index >= 15 is 0 Å². The number of likely N-dealkylation sites (N-methyl/N-ethyl adjacent to an activating group) is 1. The summed E-state index contributed by atoms with van der Waals surface area (Å²) < 4.78 is 1.15. The molecule has 0 radical (unpaired) electrons. The summed E-state index contributed by atoms with van der Waals surface area (Å²) in [7, 11) is 2.33. The number of fused-ring (bicyclic) bond motifs is 1. The third kappa shape index (κ3) is 4.86. The van der Waals surface area contributed by atoms with Gasteiger partial charge in [0.05, 0.1) is 20.1 Å². The van der Waals surface area contributed by atoms with Gasteiger partial charge in [-0.15, -0.1) is 0 Å². The van der Waals surface area contributed by atoms with Gasteiger partial charge in [0, 0.05) is 12.4 Å². The molecular weight excluding hydrogens is 298 g/mol. The Bertz CT molecular complexity index is 259. The first kappa shape index (κ1) is 17.9. The van der Waals surface area contributed by atoms with Gasteiger partial charge >= 0.3 is 0 Å². The summed E-state index contributed by atoms with van der Waals surface area (Å²) in [6, 6.07) is 0.562. The van der Waals surface area contributed by atoms with Crippen LogP contribution < -0.4 is 22.1 Å². The molecular formula is C13H25BrNO3-. The van der Waals surface area contributed by atoms with Gasteiger partial charge in [-0.1, -0.05) is 6.92 Å². The lowest BCUT2D eigenvalue weighted by Crippen LogP contribution is -3.00. The van der Waals surface area contributed by atoms with E-state index in [-0.39, 0.29) is 29.5 Å². The fourth-order valence-corrected chi connectivity index (χ4v) is 3.04. The second kappa shape index (κ2) is 8.12. The van der Waals surface area contributed by atoms with E-state index in [0.717, 1.165) is 10.9 Å². The van der Waals surface area contributed by atoms with Crippen LogP contribution >= 0.6 is 0 Å². The summed E-state index contributed by atoms with van der Waals surface area (Å²) in [6.07, 6.45) is 6.30. The Morgan fingerprint density at radius 1 is 1.28 bits per heavy atom. The molecule has 1 N–H and O–H groups in total. The molecule has 0 aromatic carbocycles. The number of nitrogens with zero attached hydrogens (tertiary/aromatic N) is 1. The van der Waals surface area contributed by atoms with Crippen molar-refractivity contribution in [3.8, 4) is 0 Å². The van der Waals surface area contributed by atoms with Crippen LogP contribution in [-0.2, 0) is 4.79 Å². The molecule has 108 valence electrons. The summed E-state index contributed by atoms with van der Waals surface area (Å²) in [6.45, 7) is 4.12. The molecule has 2 aliphatic heterocycles. The number of carboxylic acids is 1. The number of hydrogen-bond acceptors (Lipinski definition) is 3. The van der Waals surface area contributed by atoms with Crippen molar-refractivity contribution < 1.29 is 36.5 Å². The summed E-state index contributed by atoms with van der Waals surface area (Å²) in [5.74, 6) is -0.995. The Morgan fingerprint density at radius 3 is 2.33 bits per heavy atom. The highest BCUT2D eigenvalue weighted by Gasteiger charge is 2.42. The van der Waals surface area contributed by atoms with Crippen LogP contribution in [0.2, 0.25) is 0 Å². The van der Waals surface area contributed by atoms with E-state index in [4.69, 9.17) is 0 Å². The van der Waals surface area contributed by atoms with Crippen LogP contribution in [0, 0.1) is 0 Å². The molecule has 2 rings (SSSR count). The first-order chi connectivity index (χ1) is 7.99. The Kier molecular flexibility index (Phi) is 8.06. The molecule has 0 aromatic heterocycles. The highest BCUT2D eigenvalue weighted by Crippen LogP contribution is 2.31. The van der Waals surface area contributed by atoms with Crippen molar-refractivity contribution in [2.75, 3.05) is 20.1 Å². The van der Waals surface area contributed by atoms with Gasteiger partial charge in [-0.25, -0.2) is 0 Å². The van der Waals surface area contributed by atoms with Gasteiger partial charge in [0.25, 0.3) is 0 Å². The zero-order valence-corrected chi connectivity index (χ0v) is 13.0. The molecule has 0 saturated carbocycles. The number of hydrogen-bond donors (Lipinski definition) is 1. The highest BCUT2D eigenvalue weighted by molar-refractivity contribution is 5.63. The Labute approximate surface area is 120 Å². The number of quaternary nitrogens is 1. The largest absolute Gasteiger partial charge is 1.00 e. The molecule has 2 fully saturated rings. The van der Waals surface area contributed by atoms with Gasteiger partial charge in [-0.05, 0) is 32.1 Å². The lowest BCUT2D eigenvalue weighted by molar-refractivity contribution is -0.946. The normalized spacial score (nSPS) is 34.4. The van der Waals surface area contributed by atoms with Crippen molar-refractivity contribution in [1.82, 2.24) is 0 Å². The molecule has 0 bridgehead atoms. The number of carbonyl (C=O) groups excluding carboxylic acids is 1. The minimum Gasteiger partial charge on any atom is -1.00 e. The quantitative estimate of drug-likeness (QED) is 0.534. The third-order valence-electron chi connectivity index (χ3n) is 4.12. The summed E-state index contributed by atoms with van der Waals surface area (Å²) in [5.41, 5.74) is 0. The van der Waals surface area contributed by atoms with E-state index in [1.54, 1.807) is 0 Å². The van der Waals surface area contributed by atoms with Crippen molar-refractivity contribution in [3.63, 3.8) is 0 Å². The molecule has 2 aliphatic rings. The maximum Gasteiger partial charge on any atom is 0.115 e. The number of piperidine rings is 2. The Morgan fingerprint density at radius 2 is 1.83 bits per heavy atom. The Balaban J connectivity index is 0.000000421. The zero-order valence-electron chi connectivity index (χ0n) is 11.4. The van der Waals surface area contributed by atoms with E-state index in [9.17, 15) is 15.0 Å². The van der Waals surface area contributed by atoms with Crippen molar-refractivity contribution in [1.29, 1.82) is 0 Å². The van der Waals surface area contributed by atoms with Crippen LogP contribution in [0.5, 0.6) is 0 Å². The summed E-state index contributed by atoms with van der Waals surface area (Å²) >= 11 is 0. The number of aliphatic hydroxyl groups excluding tert-OH is 1. The second-order valence-corrected chi connectivity index (χ2v) is 5.42. The van der Waals surface area contributed by atoms with Crippen LogP contribution in [0.15, 0.2) is 0 Å². The van der Waals surface area contributed by atoms with Crippen LogP contribution in [0.4, 0.5) is 0 Å². The summed E-state index contributed by atoms with van der Waals surface area (Å²) in [4.78, 5) is 9.26. The SMILES string of the molecule is CCC(=O)[O-].C[N+]12CCCC[C@@H]1[C@H](O)CCC2.[Br-]. The predicted molar refractivity (Wildman–Crippen MR) is 64.1 cm³/mol. The Hall–Kier alpha value is -0.130. The molecule has 4 nitrogen and oxygen atoms in total. The standard InChI is InChI=1S/C10H20NO.C3H6O2.BrH/c1-11-7-3-2-5-9(11)10(12)6-4-8-11;1-2-3(4)5;/h9-10,12H,2-8H2,1H3;2H2,1H3,(H,4,5);1H/q+1;;/p-2/t9-,10-,11?;;/m1../s1. The predicted octanol–water partition coefficient (Wildman–Crippen LogP) is -2.71. The summed E-state index contributed by atoms with van der Waals surface area (Å²) in [5, 5.41) is 19.1. The number of aliphatic carboxylic acids is 1. The molecule has 5 heteroatoms. The molecule has 3 atom stereocenters. The van der Waals surface area contributed by atoms with Gasteiger partial charge in [-0.2, -0.15) is 0 Å². The monoisotopic (exact) mass is 322 g/mol. The maximum absolute atomic E-state index is 9.85. The number of halogens is 1. The number of carbonyl (C=O) groups is 1. The van der Waals surface area contributed by atoms with E-state index in [1.807, 2.05) is 0 Å². The first-order valence-electron chi connectivity index (χ1n) is 6.71. The smallest absolute Gasteiger partial charge is 0.115 e. The van der Waals surface area contributed by atoms with Gasteiger partial charge < -0.3 is 36.5 Å². The molecule has 0 aliphatic carbocycles. The van der Waals surface area contributed by atoms with Crippen LogP contribution in [0.1, 0.15) is 45.4 Å². The minimum absolute atomic E-state index is 0. The van der Waals surface area contributed by atoms with Gasteiger partial charge in [0.1, 0.15) is 12.1 Å². The molecule has 0 aromatic rings. The second-order valence-electron chi connectivity index (χ2n) is 5.42. The van der Waals surface area contributed by atoms with Crippen molar-refractivity contribution in [2.24, 2.45) is 0 Å². The maximum atomic E-state index is 9.85. The molecule has 18 heavy (non-hydrogen) atoms. The molecule has 2 heterocycles. The molecule has 2 saturated heterocycles. The lowest BCUT2D eigenvalue weighted by Gasteiger charge is -2.49. The minimum atomic E-state index is -0.995. The molecule has 1 unspecified atom stereocenters. The number of carboxylic acid groups (broad SMARTS) is 1.